The first kappa shape index (κ1) is 17.7. The number of hydrogen-bond acceptors (Lipinski definition) is 3. The van der Waals surface area contributed by atoms with E-state index in [-0.39, 0.29) is 23.8 Å². The number of carbonyl (C=O) groups excluding carboxylic acids is 2. The second kappa shape index (κ2) is 7.79. The number of anilines is 1. The lowest BCUT2D eigenvalue weighted by Crippen LogP contribution is -2.35. The van der Waals surface area contributed by atoms with Crippen molar-refractivity contribution in [3.63, 3.8) is 0 Å². The summed E-state index contributed by atoms with van der Waals surface area (Å²) >= 11 is 5.77. The largest absolute Gasteiger partial charge is 0.494 e. The zero-order valence-electron chi connectivity index (χ0n) is 13.2. The average molecular weight is 351 g/mol. The molecule has 0 saturated carbocycles. The van der Waals surface area contributed by atoms with Crippen molar-refractivity contribution >= 4 is 29.1 Å². The first-order chi connectivity index (χ1) is 11.4. The van der Waals surface area contributed by atoms with Gasteiger partial charge >= 0.3 is 0 Å². The van der Waals surface area contributed by atoms with Gasteiger partial charge in [0.25, 0.3) is 5.91 Å². The van der Waals surface area contributed by atoms with E-state index in [0.717, 1.165) is 6.07 Å². The van der Waals surface area contributed by atoms with Crippen LogP contribution in [0.4, 0.5) is 10.1 Å². The van der Waals surface area contributed by atoms with Crippen molar-refractivity contribution in [3.05, 3.63) is 58.9 Å². The van der Waals surface area contributed by atoms with Crippen LogP contribution in [0.2, 0.25) is 5.02 Å². The van der Waals surface area contributed by atoms with Gasteiger partial charge in [-0.15, -0.1) is 0 Å². The highest BCUT2D eigenvalue weighted by molar-refractivity contribution is 6.30. The van der Waals surface area contributed by atoms with Crippen LogP contribution in [-0.4, -0.2) is 37.4 Å². The molecule has 0 aliphatic heterocycles. The maximum Gasteiger partial charge on any atom is 0.254 e. The minimum atomic E-state index is -0.637. The number of amides is 2. The van der Waals surface area contributed by atoms with E-state index >= 15 is 0 Å². The van der Waals surface area contributed by atoms with Crippen molar-refractivity contribution in [2.75, 3.05) is 26.0 Å². The SMILES string of the molecule is COc1ccc(C(=O)N(C)CC(=O)Nc2ccc(Cl)cc2)cc1F. The maximum absolute atomic E-state index is 13.7. The van der Waals surface area contributed by atoms with Crippen LogP contribution in [0.15, 0.2) is 42.5 Å². The van der Waals surface area contributed by atoms with Gasteiger partial charge in [-0.1, -0.05) is 11.6 Å². The molecule has 0 fully saturated rings. The Bertz CT molecular complexity index is 750. The zero-order chi connectivity index (χ0) is 17.7. The summed E-state index contributed by atoms with van der Waals surface area (Å²) in [6.45, 7) is -0.172. The first-order valence-corrected chi connectivity index (χ1v) is 7.43. The van der Waals surface area contributed by atoms with E-state index in [2.05, 4.69) is 5.32 Å². The molecule has 0 spiro atoms. The van der Waals surface area contributed by atoms with Crippen LogP contribution in [0.1, 0.15) is 10.4 Å². The number of nitrogens with zero attached hydrogens (tertiary/aromatic N) is 1. The number of ether oxygens (including phenoxy) is 1. The van der Waals surface area contributed by atoms with E-state index < -0.39 is 11.7 Å². The molecule has 2 aromatic rings. The Hall–Kier alpha value is -2.60. The number of halogens is 2. The lowest BCUT2D eigenvalue weighted by atomic mass is 10.2. The van der Waals surface area contributed by atoms with E-state index in [0.29, 0.717) is 10.7 Å². The third-order valence-electron chi connectivity index (χ3n) is 3.25. The third kappa shape index (κ3) is 4.45. The molecule has 2 amide bonds. The third-order valence-corrected chi connectivity index (χ3v) is 3.51. The topological polar surface area (TPSA) is 58.6 Å². The molecule has 126 valence electrons. The van der Waals surface area contributed by atoms with E-state index in [1.807, 2.05) is 0 Å². The number of carbonyl (C=O) groups is 2. The van der Waals surface area contributed by atoms with Gasteiger partial charge in [0.2, 0.25) is 5.91 Å². The Balaban J connectivity index is 1.99. The van der Waals surface area contributed by atoms with Gasteiger partial charge in [-0.2, -0.15) is 0 Å². The lowest BCUT2D eigenvalue weighted by molar-refractivity contribution is -0.116. The predicted octanol–water partition coefficient (Wildman–Crippen LogP) is 3.20. The van der Waals surface area contributed by atoms with E-state index in [1.54, 1.807) is 24.3 Å². The summed E-state index contributed by atoms with van der Waals surface area (Å²) in [7, 11) is 2.80. The lowest BCUT2D eigenvalue weighted by Gasteiger charge is -2.17. The van der Waals surface area contributed by atoms with Gasteiger partial charge < -0.3 is 15.0 Å². The molecular formula is C17H16ClFN2O3. The highest BCUT2D eigenvalue weighted by Crippen LogP contribution is 2.18. The normalized spacial score (nSPS) is 10.2. The molecule has 0 saturated heterocycles. The predicted molar refractivity (Wildman–Crippen MR) is 90.0 cm³/mol. The molecule has 0 atom stereocenters. The number of hydrogen-bond donors (Lipinski definition) is 1. The summed E-state index contributed by atoms with van der Waals surface area (Å²) < 4.78 is 18.5. The molecule has 0 heterocycles. The molecule has 0 bridgehead atoms. The van der Waals surface area contributed by atoms with Crippen LogP contribution in [0.3, 0.4) is 0 Å². The molecule has 0 aliphatic rings. The molecule has 24 heavy (non-hydrogen) atoms. The van der Waals surface area contributed by atoms with E-state index in [9.17, 15) is 14.0 Å². The fraction of sp³-hybridized carbons (Fsp3) is 0.176. The van der Waals surface area contributed by atoms with Gasteiger partial charge in [-0.05, 0) is 42.5 Å². The van der Waals surface area contributed by atoms with Crippen LogP contribution >= 0.6 is 11.6 Å². The molecule has 2 rings (SSSR count). The van der Waals surface area contributed by atoms with E-state index in [1.165, 1.54) is 31.2 Å². The monoisotopic (exact) mass is 350 g/mol. The Kier molecular flexibility index (Phi) is 5.76. The molecule has 5 nitrogen and oxygen atoms in total. The maximum atomic E-state index is 13.7. The Morgan fingerprint density at radius 1 is 1.21 bits per heavy atom. The summed E-state index contributed by atoms with van der Waals surface area (Å²) in [5.74, 6) is -1.43. The van der Waals surface area contributed by atoms with Gasteiger partial charge in [0.1, 0.15) is 0 Å². The number of likely N-dealkylation sites (N-methyl/N-ethyl adjacent to an activating group) is 1. The van der Waals surface area contributed by atoms with Crippen molar-refractivity contribution in [2.24, 2.45) is 0 Å². The Labute approximate surface area is 144 Å². The standard InChI is InChI=1S/C17H16ClFN2O3/c1-21(10-16(22)20-13-6-4-12(18)5-7-13)17(23)11-3-8-15(24-2)14(19)9-11/h3-9H,10H2,1-2H3,(H,20,22). The van der Waals surface area contributed by atoms with Crippen molar-refractivity contribution in [1.82, 2.24) is 4.90 Å². The molecular weight excluding hydrogens is 335 g/mol. The second-order valence-corrected chi connectivity index (χ2v) is 5.50. The highest BCUT2D eigenvalue weighted by atomic mass is 35.5. The van der Waals surface area contributed by atoms with Gasteiger partial charge in [-0.25, -0.2) is 4.39 Å². The van der Waals surface area contributed by atoms with Crippen LogP contribution < -0.4 is 10.1 Å². The van der Waals surface area contributed by atoms with Crippen molar-refractivity contribution in [3.8, 4) is 5.75 Å². The fourth-order valence-electron chi connectivity index (χ4n) is 2.04. The zero-order valence-corrected chi connectivity index (χ0v) is 13.9. The van der Waals surface area contributed by atoms with Gasteiger partial charge in [0.05, 0.1) is 13.7 Å². The number of nitrogens with one attached hydrogen (secondary N) is 1. The van der Waals surface area contributed by atoms with Crippen molar-refractivity contribution in [2.45, 2.75) is 0 Å². The molecule has 0 aliphatic carbocycles. The van der Waals surface area contributed by atoms with Crippen molar-refractivity contribution in [1.29, 1.82) is 0 Å². The number of methoxy groups -OCH3 is 1. The van der Waals surface area contributed by atoms with Crippen LogP contribution in [0, 0.1) is 5.82 Å². The summed E-state index contributed by atoms with van der Waals surface area (Å²) in [6.07, 6.45) is 0. The first-order valence-electron chi connectivity index (χ1n) is 7.05. The quantitative estimate of drug-likeness (QED) is 0.900. The minimum absolute atomic E-state index is 0.0506. The Morgan fingerprint density at radius 2 is 1.88 bits per heavy atom. The van der Waals surface area contributed by atoms with Crippen LogP contribution in [-0.2, 0) is 4.79 Å². The molecule has 0 unspecified atom stereocenters. The van der Waals surface area contributed by atoms with Crippen LogP contribution in [0.5, 0.6) is 5.75 Å². The average Bonchev–Trinajstić information content (AvgIpc) is 2.56. The van der Waals surface area contributed by atoms with Gasteiger partial charge in [0, 0.05) is 23.3 Å². The Morgan fingerprint density at radius 3 is 2.46 bits per heavy atom. The molecule has 1 N–H and O–H groups in total. The highest BCUT2D eigenvalue weighted by Gasteiger charge is 2.17. The fourth-order valence-corrected chi connectivity index (χ4v) is 2.17. The smallest absolute Gasteiger partial charge is 0.254 e. The van der Waals surface area contributed by atoms with E-state index in [4.69, 9.17) is 16.3 Å². The summed E-state index contributed by atoms with van der Waals surface area (Å²) in [5, 5.41) is 3.21. The molecule has 7 heteroatoms. The van der Waals surface area contributed by atoms with Crippen molar-refractivity contribution < 1.29 is 18.7 Å². The second-order valence-electron chi connectivity index (χ2n) is 5.07. The van der Waals surface area contributed by atoms with Gasteiger partial charge in [-0.3, -0.25) is 9.59 Å². The molecule has 0 radical (unpaired) electrons. The molecule has 2 aromatic carbocycles. The van der Waals surface area contributed by atoms with Crippen LogP contribution in [0.25, 0.3) is 0 Å². The number of rotatable bonds is 5. The summed E-state index contributed by atoms with van der Waals surface area (Å²) in [5.41, 5.74) is 0.704. The summed E-state index contributed by atoms with van der Waals surface area (Å²) in [6, 6.07) is 10.5. The number of benzene rings is 2. The van der Waals surface area contributed by atoms with Gasteiger partial charge in [0.15, 0.2) is 11.6 Å². The summed E-state index contributed by atoms with van der Waals surface area (Å²) in [4.78, 5) is 25.4. The molecule has 0 aromatic heterocycles. The minimum Gasteiger partial charge on any atom is -0.494 e.